The fraction of sp³-hybridized carbons (Fsp3) is 0.783. The highest BCUT2D eigenvalue weighted by Gasteiger charge is 2.80. The van der Waals surface area contributed by atoms with Crippen molar-refractivity contribution in [3.63, 3.8) is 0 Å². The van der Waals surface area contributed by atoms with Crippen LogP contribution in [0.5, 0.6) is 0 Å². The van der Waals surface area contributed by atoms with Crippen molar-refractivity contribution in [2.75, 3.05) is 13.2 Å². The number of rotatable bonds is 9. The lowest BCUT2D eigenvalue weighted by Gasteiger charge is -2.40. The van der Waals surface area contributed by atoms with Crippen LogP contribution in [-0.4, -0.2) is 80.3 Å². The summed E-state index contributed by atoms with van der Waals surface area (Å²) in [7, 11) is 0. The van der Waals surface area contributed by atoms with Crippen LogP contribution >= 0.6 is 0 Å². The molecule has 8 heteroatoms. The van der Waals surface area contributed by atoms with Gasteiger partial charge in [0.1, 0.15) is 17.6 Å². The average molecular weight is 437 g/mol. The Morgan fingerprint density at radius 1 is 1.42 bits per heavy atom. The van der Waals surface area contributed by atoms with Crippen LogP contribution in [0.3, 0.4) is 0 Å². The molecule has 1 spiro atoms. The second-order valence-corrected chi connectivity index (χ2v) is 9.74. The Labute approximate surface area is 184 Å². The number of aliphatic carboxylic acids is 1. The number of amides is 2. The van der Waals surface area contributed by atoms with Crippen LogP contribution in [0.2, 0.25) is 0 Å². The Bertz CT molecular complexity index is 771. The zero-order valence-corrected chi connectivity index (χ0v) is 19.2. The quantitative estimate of drug-likeness (QED) is 0.533. The highest BCUT2D eigenvalue weighted by molar-refractivity contribution is 5.98. The Hall–Kier alpha value is -1.93. The van der Waals surface area contributed by atoms with Crippen molar-refractivity contribution in [1.29, 1.82) is 0 Å². The third-order valence-corrected chi connectivity index (χ3v) is 7.84. The molecule has 2 N–H and O–H groups in total. The van der Waals surface area contributed by atoms with E-state index in [0.717, 1.165) is 12.8 Å². The number of carbonyl (C=O) groups is 3. The molecule has 2 amide bonds. The summed E-state index contributed by atoms with van der Waals surface area (Å²) in [5.74, 6) is -3.86. The molecule has 0 radical (unpaired) electrons. The van der Waals surface area contributed by atoms with Crippen molar-refractivity contribution < 1.29 is 29.3 Å². The van der Waals surface area contributed by atoms with Crippen molar-refractivity contribution in [1.82, 2.24) is 9.80 Å². The number of hydrogen-bond acceptors (Lipinski definition) is 5. The van der Waals surface area contributed by atoms with Gasteiger partial charge in [0, 0.05) is 12.6 Å². The normalized spacial score (nSPS) is 38.1. The summed E-state index contributed by atoms with van der Waals surface area (Å²) in [4.78, 5) is 43.0. The number of nitrogens with zero attached hydrogens (tertiary/aromatic N) is 2. The van der Waals surface area contributed by atoms with Crippen molar-refractivity contribution >= 4 is 17.8 Å². The first-order chi connectivity index (χ1) is 14.5. The molecule has 3 fully saturated rings. The van der Waals surface area contributed by atoms with Gasteiger partial charge >= 0.3 is 5.97 Å². The van der Waals surface area contributed by atoms with E-state index < -0.39 is 47.0 Å². The van der Waals surface area contributed by atoms with Crippen LogP contribution in [-0.2, 0) is 19.1 Å². The minimum atomic E-state index is -1.21. The molecule has 3 aliphatic heterocycles. The van der Waals surface area contributed by atoms with Gasteiger partial charge in [-0.05, 0) is 39.5 Å². The number of ether oxygens (including phenoxy) is 1. The Kier molecular flexibility index (Phi) is 6.28. The van der Waals surface area contributed by atoms with Crippen LogP contribution in [0.15, 0.2) is 12.7 Å². The molecule has 0 aliphatic carbocycles. The van der Waals surface area contributed by atoms with Gasteiger partial charge in [0.05, 0.1) is 24.2 Å². The zero-order chi connectivity index (χ0) is 23.3. The maximum absolute atomic E-state index is 14.0. The number of hydrogen-bond donors (Lipinski definition) is 2. The molecular weight excluding hydrogens is 400 g/mol. The monoisotopic (exact) mass is 436 g/mol. The van der Waals surface area contributed by atoms with E-state index >= 15 is 0 Å². The van der Waals surface area contributed by atoms with Gasteiger partial charge in [-0.15, -0.1) is 6.58 Å². The Balaban J connectivity index is 2.14. The summed E-state index contributed by atoms with van der Waals surface area (Å²) >= 11 is 0. The molecule has 2 bridgehead atoms. The van der Waals surface area contributed by atoms with Crippen molar-refractivity contribution in [3.05, 3.63) is 12.7 Å². The number of likely N-dealkylation sites (tertiary alicyclic amines) is 1. The van der Waals surface area contributed by atoms with Gasteiger partial charge in [-0.1, -0.05) is 26.3 Å². The van der Waals surface area contributed by atoms with Gasteiger partial charge in [0.2, 0.25) is 11.8 Å². The predicted octanol–water partition coefficient (Wildman–Crippen LogP) is 1.67. The van der Waals surface area contributed by atoms with Gasteiger partial charge in [-0.2, -0.15) is 0 Å². The molecule has 4 unspecified atom stereocenters. The number of carboxylic acids is 1. The molecule has 8 nitrogen and oxygen atoms in total. The molecule has 3 heterocycles. The summed E-state index contributed by atoms with van der Waals surface area (Å²) in [5, 5.41) is 19.9. The molecule has 174 valence electrons. The van der Waals surface area contributed by atoms with Gasteiger partial charge in [-0.3, -0.25) is 14.4 Å². The minimum Gasteiger partial charge on any atom is -0.481 e. The van der Waals surface area contributed by atoms with Crippen LogP contribution in [0, 0.1) is 17.8 Å². The number of aliphatic hydroxyl groups excluding tert-OH is 1. The van der Waals surface area contributed by atoms with E-state index in [4.69, 9.17) is 4.74 Å². The standard InChI is InChI=1S/C23H36N2O6/c1-7-9-14(4)24(10-8-2)20(28)18-23-11-13(3)22(6,31-23)17(21(29)30)16(23)19(27)25(18)15(5)12-26/h8,13-18,26H,2,7,9-12H2,1,3-6H3,(H,29,30)/t13?,14?,15-,16+,17-,18?,22+,23?/m1/s1. The Morgan fingerprint density at radius 3 is 2.58 bits per heavy atom. The topological polar surface area (TPSA) is 107 Å². The summed E-state index contributed by atoms with van der Waals surface area (Å²) < 4.78 is 6.46. The fourth-order valence-electron chi connectivity index (χ4n) is 6.25. The second kappa shape index (κ2) is 8.20. The molecule has 31 heavy (non-hydrogen) atoms. The van der Waals surface area contributed by atoms with Gasteiger partial charge in [0.15, 0.2) is 0 Å². The van der Waals surface area contributed by atoms with E-state index in [2.05, 4.69) is 6.58 Å². The minimum absolute atomic E-state index is 0.0748. The van der Waals surface area contributed by atoms with Crippen LogP contribution in [0.25, 0.3) is 0 Å². The van der Waals surface area contributed by atoms with E-state index in [1.54, 1.807) is 24.8 Å². The molecule has 0 aromatic heterocycles. The van der Waals surface area contributed by atoms with E-state index in [0.29, 0.717) is 13.0 Å². The summed E-state index contributed by atoms with van der Waals surface area (Å²) in [6.45, 7) is 13.1. The molecule has 3 rings (SSSR count). The smallest absolute Gasteiger partial charge is 0.310 e. The van der Waals surface area contributed by atoms with Gasteiger partial charge < -0.3 is 24.7 Å². The van der Waals surface area contributed by atoms with Crippen LogP contribution in [0.1, 0.15) is 53.9 Å². The first-order valence-corrected chi connectivity index (χ1v) is 11.3. The number of aliphatic hydroxyl groups is 1. The summed E-state index contributed by atoms with van der Waals surface area (Å²) in [5.41, 5.74) is -2.22. The van der Waals surface area contributed by atoms with E-state index in [-0.39, 0.29) is 24.5 Å². The molecule has 0 saturated carbocycles. The molecule has 0 aromatic carbocycles. The zero-order valence-electron chi connectivity index (χ0n) is 19.2. The first kappa shape index (κ1) is 23.7. The van der Waals surface area contributed by atoms with E-state index in [1.807, 2.05) is 20.8 Å². The van der Waals surface area contributed by atoms with Crippen molar-refractivity contribution in [3.8, 4) is 0 Å². The van der Waals surface area contributed by atoms with E-state index in [9.17, 15) is 24.6 Å². The van der Waals surface area contributed by atoms with Crippen LogP contribution < -0.4 is 0 Å². The maximum Gasteiger partial charge on any atom is 0.310 e. The lowest BCUT2D eigenvalue weighted by Crippen LogP contribution is -2.59. The Morgan fingerprint density at radius 2 is 2.06 bits per heavy atom. The maximum atomic E-state index is 14.0. The third kappa shape index (κ3) is 3.21. The molecule has 0 aromatic rings. The fourth-order valence-corrected chi connectivity index (χ4v) is 6.25. The molecule has 3 saturated heterocycles. The second-order valence-electron chi connectivity index (χ2n) is 9.74. The highest BCUT2D eigenvalue weighted by atomic mass is 16.5. The third-order valence-electron chi connectivity index (χ3n) is 7.84. The van der Waals surface area contributed by atoms with E-state index in [1.165, 1.54) is 4.90 Å². The summed E-state index contributed by atoms with van der Waals surface area (Å²) in [6.07, 6.45) is 3.77. The van der Waals surface area contributed by atoms with Gasteiger partial charge in [0.25, 0.3) is 0 Å². The lowest BCUT2D eigenvalue weighted by atomic mass is 9.62. The highest BCUT2D eigenvalue weighted by Crippen LogP contribution is 2.65. The summed E-state index contributed by atoms with van der Waals surface area (Å²) in [6, 6.07) is -1.68. The van der Waals surface area contributed by atoms with Crippen LogP contribution in [0.4, 0.5) is 0 Å². The van der Waals surface area contributed by atoms with Crippen molar-refractivity contribution in [2.45, 2.75) is 83.2 Å². The predicted molar refractivity (Wildman–Crippen MR) is 114 cm³/mol. The molecule has 3 aliphatic rings. The number of carboxylic acid groups (broad SMARTS) is 1. The molecular formula is C23H36N2O6. The number of fused-ring (bicyclic) bond motifs is 1. The van der Waals surface area contributed by atoms with Gasteiger partial charge in [-0.25, -0.2) is 0 Å². The lowest BCUT2D eigenvalue weighted by molar-refractivity contribution is -0.160. The molecule has 8 atom stereocenters. The average Bonchev–Trinajstić information content (AvgIpc) is 3.22. The van der Waals surface area contributed by atoms with Crippen molar-refractivity contribution in [2.24, 2.45) is 17.8 Å². The largest absolute Gasteiger partial charge is 0.481 e. The first-order valence-electron chi connectivity index (χ1n) is 11.3. The number of carbonyl (C=O) groups excluding carboxylic acids is 2. The SMILES string of the molecule is C=CCN(C(=O)C1N([C@H](C)CO)C(=O)[C@@H]2[C@H](C(=O)O)[C@@]3(C)OC12CC3C)C(C)CCC.